The van der Waals surface area contributed by atoms with Crippen molar-refractivity contribution in [1.29, 1.82) is 0 Å². The maximum Gasteiger partial charge on any atom is 0.240 e. The molecule has 0 aromatic rings. The van der Waals surface area contributed by atoms with Crippen LogP contribution in [0.25, 0.3) is 0 Å². The monoisotopic (exact) mass is 197 g/mol. The second-order valence-electron chi connectivity index (χ2n) is 2.69. The maximum atomic E-state index is 10.1. The van der Waals surface area contributed by atoms with Crippen molar-refractivity contribution in [2.45, 2.75) is 0 Å². The summed E-state index contributed by atoms with van der Waals surface area (Å²) in [5.74, 6) is 0. The van der Waals surface area contributed by atoms with E-state index in [2.05, 4.69) is 4.99 Å². The van der Waals surface area contributed by atoms with Crippen LogP contribution in [0.5, 0.6) is 0 Å². The number of isocyanates is 1. The van der Waals surface area contributed by atoms with Gasteiger partial charge in [0.2, 0.25) is 6.08 Å². The van der Waals surface area contributed by atoms with Gasteiger partial charge in [-0.2, -0.15) is 4.99 Å². The molecule has 0 aromatic carbocycles. The van der Waals surface area contributed by atoms with Crippen molar-refractivity contribution in [2.24, 2.45) is 4.99 Å². The largest absolute Gasteiger partial charge is 0.240 e. The average molecular weight is 197 g/mol. The quantitative estimate of drug-likeness (QED) is 0.469. The molecule has 0 aliphatic heterocycles. The molecule has 0 atom stereocenters. The predicted molar refractivity (Wildman–Crippen MR) is 61.9 cm³/mol. The van der Waals surface area contributed by atoms with Gasteiger partial charge in [0.1, 0.15) is 0 Å². The highest BCUT2D eigenvalue weighted by atomic mass is 16.1. The fourth-order valence-electron chi connectivity index (χ4n) is 0.940. The van der Waals surface area contributed by atoms with Crippen LogP contribution < -0.4 is 0 Å². The van der Waals surface area contributed by atoms with E-state index in [4.69, 9.17) is 0 Å². The minimum Gasteiger partial charge on any atom is -0.211 e. The zero-order chi connectivity index (χ0) is 10.8. The Bertz CT molecular complexity index is 414. The number of carbonyl (C=O) groups excluding carboxylic acids is 1. The van der Waals surface area contributed by atoms with Crippen LogP contribution in [0.1, 0.15) is 0 Å². The summed E-state index contributed by atoms with van der Waals surface area (Å²) in [7, 11) is 0. The third-order valence-corrected chi connectivity index (χ3v) is 1.60. The van der Waals surface area contributed by atoms with Gasteiger partial charge in [-0.05, 0) is 12.2 Å². The van der Waals surface area contributed by atoms with Crippen LogP contribution in [0.15, 0.2) is 77.5 Å². The van der Waals surface area contributed by atoms with Crippen molar-refractivity contribution in [1.82, 2.24) is 0 Å². The Morgan fingerprint density at radius 2 is 1.33 bits per heavy atom. The molecular weight excluding hydrogens is 186 g/mol. The second kappa shape index (κ2) is 7.25. The Kier molecular flexibility index (Phi) is 5.26. The Morgan fingerprint density at radius 3 is 1.93 bits per heavy atom. The van der Waals surface area contributed by atoms with Crippen molar-refractivity contribution in [3.8, 4) is 0 Å². The van der Waals surface area contributed by atoms with Crippen LogP contribution in [-0.2, 0) is 4.79 Å². The van der Waals surface area contributed by atoms with Gasteiger partial charge in [0.25, 0.3) is 0 Å². The van der Waals surface area contributed by atoms with E-state index >= 15 is 0 Å². The lowest BCUT2D eigenvalue weighted by Gasteiger charge is -1.86. The minimum atomic E-state index is 0.573. The molecule has 0 bridgehead atoms. The van der Waals surface area contributed by atoms with Gasteiger partial charge in [-0.1, -0.05) is 54.7 Å². The zero-order valence-electron chi connectivity index (χ0n) is 8.21. The summed E-state index contributed by atoms with van der Waals surface area (Å²) in [5, 5.41) is 0. The first-order chi connectivity index (χ1) is 7.43. The number of nitrogens with zero attached hydrogens (tertiary/aromatic N) is 1. The summed E-state index contributed by atoms with van der Waals surface area (Å²) in [5.41, 5.74) is 0.573. The molecule has 0 radical (unpaired) electrons. The highest BCUT2D eigenvalue weighted by Gasteiger charge is 1.83. The molecule has 74 valence electrons. The van der Waals surface area contributed by atoms with Crippen LogP contribution in [0, 0.1) is 0 Å². The van der Waals surface area contributed by atoms with Crippen molar-refractivity contribution in [2.75, 3.05) is 0 Å². The van der Waals surface area contributed by atoms with Crippen LogP contribution in [0.4, 0.5) is 0 Å². The van der Waals surface area contributed by atoms with Crippen LogP contribution in [0.3, 0.4) is 0 Å². The molecule has 15 heavy (non-hydrogen) atoms. The third kappa shape index (κ3) is 5.19. The van der Waals surface area contributed by atoms with E-state index in [1.807, 2.05) is 54.7 Å². The topological polar surface area (TPSA) is 29.4 Å². The standard InChI is InChI=1S/C13H11NO/c15-12-14-13-10-8-6-4-2-1-3-5-7-9-11-13/h1-11H. The Morgan fingerprint density at radius 1 is 0.800 bits per heavy atom. The van der Waals surface area contributed by atoms with Gasteiger partial charge < -0.3 is 0 Å². The molecule has 0 amide bonds. The molecule has 0 spiro atoms. The van der Waals surface area contributed by atoms with Crippen LogP contribution in [0.2, 0.25) is 0 Å². The summed E-state index contributed by atoms with van der Waals surface area (Å²) in [4.78, 5) is 13.7. The van der Waals surface area contributed by atoms with E-state index in [1.165, 1.54) is 6.08 Å². The SMILES string of the molecule is O=C=NC1=CC=CC=CC=CC=CC=C1. The van der Waals surface area contributed by atoms with Gasteiger partial charge in [0, 0.05) is 0 Å². The molecule has 2 nitrogen and oxygen atoms in total. The second-order valence-corrected chi connectivity index (χ2v) is 2.69. The van der Waals surface area contributed by atoms with Crippen LogP contribution in [-0.4, -0.2) is 6.08 Å². The van der Waals surface area contributed by atoms with Crippen molar-refractivity contribution >= 4 is 6.08 Å². The van der Waals surface area contributed by atoms with Gasteiger partial charge in [0.15, 0.2) is 0 Å². The highest BCUT2D eigenvalue weighted by molar-refractivity contribution is 5.41. The lowest BCUT2D eigenvalue weighted by Crippen LogP contribution is -1.70. The lowest BCUT2D eigenvalue weighted by molar-refractivity contribution is 0.565. The Hall–Kier alpha value is -2.18. The van der Waals surface area contributed by atoms with E-state index < -0.39 is 0 Å². The predicted octanol–water partition coefficient (Wildman–Crippen LogP) is 3.00. The molecule has 1 aliphatic rings. The molecule has 0 heterocycles. The summed E-state index contributed by atoms with van der Waals surface area (Å²) in [6, 6.07) is 0. The van der Waals surface area contributed by atoms with Crippen molar-refractivity contribution < 1.29 is 4.79 Å². The van der Waals surface area contributed by atoms with Crippen LogP contribution >= 0.6 is 0 Å². The molecule has 0 unspecified atom stereocenters. The minimum absolute atomic E-state index is 0.573. The molecule has 0 aromatic heterocycles. The molecule has 2 heteroatoms. The smallest absolute Gasteiger partial charge is 0.211 e. The summed E-state index contributed by atoms with van der Waals surface area (Å²) < 4.78 is 0. The number of aliphatic imine (C=N–C) groups is 1. The number of allylic oxidation sites excluding steroid dienone is 11. The first-order valence-electron chi connectivity index (χ1n) is 4.56. The maximum absolute atomic E-state index is 10.1. The van der Waals surface area contributed by atoms with Crippen molar-refractivity contribution in [3.63, 3.8) is 0 Å². The van der Waals surface area contributed by atoms with Gasteiger partial charge in [0.05, 0.1) is 5.70 Å². The van der Waals surface area contributed by atoms with E-state index in [1.54, 1.807) is 12.2 Å². The third-order valence-electron chi connectivity index (χ3n) is 1.60. The molecule has 0 fully saturated rings. The molecule has 1 aliphatic carbocycles. The van der Waals surface area contributed by atoms with E-state index in [0.717, 1.165) is 0 Å². The van der Waals surface area contributed by atoms with E-state index in [-0.39, 0.29) is 0 Å². The van der Waals surface area contributed by atoms with Gasteiger partial charge >= 0.3 is 0 Å². The normalized spacial score (nSPS) is 15.1. The van der Waals surface area contributed by atoms with E-state index in [0.29, 0.717) is 5.70 Å². The average Bonchev–Trinajstić information content (AvgIpc) is 2.22. The van der Waals surface area contributed by atoms with Gasteiger partial charge in [-0.3, -0.25) is 0 Å². The Balaban J connectivity index is 2.91. The lowest BCUT2D eigenvalue weighted by atomic mass is 10.3. The fraction of sp³-hybridized carbons (Fsp3) is 0. The molecular formula is C13H11NO. The molecule has 0 N–H and O–H groups in total. The first kappa shape index (κ1) is 10.9. The Labute approximate surface area is 89.0 Å². The zero-order valence-corrected chi connectivity index (χ0v) is 8.21. The molecule has 1 rings (SSSR count). The summed E-state index contributed by atoms with van der Waals surface area (Å²) >= 11 is 0. The van der Waals surface area contributed by atoms with E-state index in [9.17, 15) is 4.79 Å². The van der Waals surface area contributed by atoms with Gasteiger partial charge in [-0.25, -0.2) is 4.79 Å². The highest BCUT2D eigenvalue weighted by Crippen LogP contribution is 1.99. The number of hydrogen-bond acceptors (Lipinski definition) is 2. The number of hydrogen-bond donors (Lipinski definition) is 0. The van der Waals surface area contributed by atoms with Gasteiger partial charge in [-0.15, -0.1) is 0 Å². The fourth-order valence-corrected chi connectivity index (χ4v) is 0.940. The summed E-state index contributed by atoms with van der Waals surface area (Å²) in [6.07, 6.45) is 21.9. The molecule has 0 saturated carbocycles. The van der Waals surface area contributed by atoms with Crippen molar-refractivity contribution in [3.05, 3.63) is 72.5 Å². The summed E-state index contributed by atoms with van der Waals surface area (Å²) in [6.45, 7) is 0. The molecule has 0 saturated heterocycles. The number of rotatable bonds is 1. The first-order valence-corrected chi connectivity index (χ1v) is 4.56.